The van der Waals surface area contributed by atoms with E-state index in [-0.39, 0.29) is 18.5 Å². The lowest BCUT2D eigenvalue weighted by molar-refractivity contribution is -0.121. The van der Waals surface area contributed by atoms with Crippen LogP contribution in [0.15, 0.2) is 24.3 Å². The number of hydrogen-bond acceptors (Lipinski definition) is 3. The maximum absolute atomic E-state index is 11.7. The smallest absolute Gasteiger partial charge is 0.237 e. The number of nitrogens with one attached hydrogen (secondary N) is 1. The first-order valence-electron chi connectivity index (χ1n) is 7.05. The van der Waals surface area contributed by atoms with Crippen LogP contribution in [0.4, 0.5) is 0 Å². The fraction of sp³-hybridized carbons (Fsp3) is 0.400. The Morgan fingerprint density at radius 2 is 2.10 bits per heavy atom. The van der Waals surface area contributed by atoms with Crippen molar-refractivity contribution < 1.29 is 9.59 Å². The Labute approximate surface area is 123 Å². The minimum absolute atomic E-state index is 0.0253. The Morgan fingerprint density at radius 1 is 1.38 bits per heavy atom. The molecule has 1 unspecified atom stereocenters. The number of benzene rings is 1. The first kappa shape index (κ1) is 15.0. The fourth-order valence-corrected chi connectivity index (χ4v) is 2.35. The molecule has 6 heteroatoms. The molecule has 0 bridgehead atoms. The second-order valence-corrected chi connectivity index (χ2v) is 5.05. The van der Waals surface area contributed by atoms with Gasteiger partial charge in [0.1, 0.15) is 12.4 Å². The van der Waals surface area contributed by atoms with Gasteiger partial charge in [-0.2, -0.15) is 0 Å². The molecule has 0 radical (unpaired) electrons. The van der Waals surface area contributed by atoms with Crippen LogP contribution >= 0.6 is 0 Å². The number of carbonyl (C=O) groups is 2. The molecule has 1 heterocycles. The number of para-hydroxylation sites is 2. The van der Waals surface area contributed by atoms with E-state index in [2.05, 4.69) is 10.3 Å². The SMILES string of the molecule is CCCC(=O)NC(C)c1nc2ccccc2n1CC(N)=O. The van der Waals surface area contributed by atoms with Crippen LogP contribution in [0.5, 0.6) is 0 Å². The summed E-state index contributed by atoms with van der Waals surface area (Å²) in [6.45, 7) is 3.85. The number of nitrogens with zero attached hydrogens (tertiary/aromatic N) is 2. The van der Waals surface area contributed by atoms with Crippen LogP contribution in [0.1, 0.15) is 38.6 Å². The Bertz CT molecular complexity index is 663. The van der Waals surface area contributed by atoms with Gasteiger partial charge in [0.05, 0.1) is 17.1 Å². The standard InChI is InChI=1S/C15H20N4O2/c1-3-6-14(21)17-10(2)15-18-11-7-4-5-8-12(11)19(15)9-13(16)20/h4-5,7-8,10H,3,6,9H2,1-2H3,(H2,16,20)(H,17,21). The predicted molar refractivity (Wildman–Crippen MR) is 80.4 cm³/mol. The van der Waals surface area contributed by atoms with Gasteiger partial charge in [-0.1, -0.05) is 19.1 Å². The van der Waals surface area contributed by atoms with E-state index < -0.39 is 5.91 Å². The molecular weight excluding hydrogens is 268 g/mol. The lowest BCUT2D eigenvalue weighted by atomic mass is 10.2. The molecule has 2 rings (SSSR count). The number of carbonyl (C=O) groups excluding carboxylic acids is 2. The predicted octanol–water partition coefficient (Wildman–Crippen LogP) is 1.50. The van der Waals surface area contributed by atoms with Crippen LogP contribution in [0.25, 0.3) is 11.0 Å². The Balaban J connectivity index is 2.37. The largest absolute Gasteiger partial charge is 0.368 e. The number of fused-ring (bicyclic) bond motifs is 1. The maximum Gasteiger partial charge on any atom is 0.237 e. The first-order chi connectivity index (χ1) is 10.0. The maximum atomic E-state index is 11.7. The van der Waals surface area contributed by atoms with E-state index in [0.717, 1.165) is 17.5 Å². The van der Waals surface area contributed by atoms with Gasteiger partial charge in [-0.05, 0) is 25.5 Å². The zero-order valence-corrected chi connectivity index (χ0v) is 12.3. The summed E-state index contributed by atoms with van der Waals surface area (Å²) >= 11 is 0. The average Bonchev–Trinajstić information content (AvgIpc) is 2.77. The molecule has 0 aliphatic carbocycles. The number of rotatable bonds is 6. The van der Waals surface area contributed by atoms with E-state index in [4.69, 9.17) is 5.73 Å². The van der Waals surface area contributed by atoms with Crippen LogP contribution in [0, 0.1) is 0 Å². The van der Waals surface area contributed by atoms with Crippen molar-refractivity contribution in [1.82, 2.24) is 14.9 Å². The normalized spacial score (nSPS) is 12.3. The number of aromatic nitrogens is 2. The molecule has 2 aromatic rings. The van der Waals surface area contributed by atoms with Crippen molar-refractivity contribution >= 4 is 22.8 Å². The lowest BCUT2D eigenvalue weighted by Gasteiger charge is -2.15. The zero-order chi connectivity index (χ0) is 15.4. The van der Waals surface area contributed by atoms with Crippen molar-refractivity contribution in [3.05, 3.63) is 30.1 Å². The molecule has 0 saturated heterocycles. The molecular formula is C15H20N4O2. The molecule has 0 aliphatic heterocycles. The van der Waals surface area contributed by atoms with Crippen LogP contribution in [-0.2, 0) is 16.1 Å². The molecule has 21 heavy (non-hydrogen) atoms. The highest BCUT2D eigenvalue weighted by molar-refractivity contribution is 5.81. The first-order valence-corrected chi connectivity index (χ1v) is 7.05. The van der Waals surface area contributed by atoms with E-state index in [1.165, 1.54) is 0 Å². The average molecular weight is 288 g/mol. The third-order valence-electron chi connectivity index (χ3n) is 3.24. The van der Waals surface area contributed by atoms with Gasteiger partial charge in [0, 0.05) is 6.42 Å². The van der Waals surface area contributed by atoms with Crippen molar-refractivity contribution in [3.63, 3.8) is 0 Å². The molecule has 112 valence electrons. The van der Waals surface area contributed by atoms with Gasteiger partial charge in [-0.15, -0.1) is 0 Å². The summed E-state index contributed by atoms with van der Waals surface area (Å²) in [4.78, 5) is 27.6. The van der Waals surface area contributed by atoms with E-state index in [9.17, 15) is 9.59 Å². The van der Waals surface area contributed by atoms with Crippen molar-refractivity contribution in [2.45, 2.75) is 39.3 Å². The molecule has 0 saturated carbocycles. The van der Waals surface area contributed by atoms with Crippen LogP contribution in [0.3, 0.4) is 0 Å². The minimum Gasteiger partial charge on any atom is -0.368 e. The van der Waals surface area contributed by atoms with Crippen molar-refractivity contribution in [2.75, 3.05) is 0 Å². The summed E-state index contributed by atoms with van der Waals surface area (Å²) in [7, 11) is 0. The molecule has 3 N–H and O–H groups in total. The molecule has 0 fully saturated rings. The Kier molecular flexibility index (Phi) is 4.57. The van der Waals surface area contributed by atoms with Crippen LogP contribution < -0.4 is 11.1 Å². The molecule has 0 spiro atoms. The van der Waals surface area contributed by atoms with Crippen LogP contribution in [0.2, 0.25) is 0 Å². The zero-order valence-electron chi connectivity index (χ0n) is 12.3. The van der Waals surface area contributed by atoms with E-state index >= 15 is 0 Å². The number of amides is 2. The van der Waals surface area contributed by atoms with Crippen molar-refractivity contribution in [2.24, 2.45) is 5.73 Å². The third kappa shape index (κ3) is 3.39. The second kappa shape index (κ2) is 6.39. The number of imidazole rings is 1. The third-order valence-corrected chi connectivity index (χ3v) is 3.24. The van der Waals surface area contributed by atoms with Gasteiger partial charge in [0.25, 0.3) is 0 Å². The molecule has 2 amide bonds. The van der Waals surface area contributed by atoms with Crippen LogP contribution in [-0.4, -0.2) is 21.4 Å². The summed E-state index contributed by atoms with van der Waals surface area (Å²) < 4.78 is 1.76. The highest BCUT2D eigenvalue weighted by Crippen LogP contribution is 2.20. The van der Waals surface area contributed by atoms with Gasteiger partial charge >= 0.3 is 0 Å². The van der Waals surface area contributed by atoms with Crippen molar-refractivity contribution in [3.8, 4) is 0 Å². The molecule has 0 aliphatic rings. The lowest BCUT2D eigenvalue weighted by Crippen LogP contribution is -2.29. The fourth-order valence-electron chi connectivity index (χ4n) is 2.35. The second-order valence-electron chi connectivity index (χ2n) is 5.05. The summed E-state index contributed by atoms with van der Waals surface area (Å²) in [5, 5.41) is 2.90. The quantitative estimate of drug-likeness (QED) is 0.844. The van der Waals surface area contributed by atoms with Gasteiger partial charge < -0.3 is 15.6 Å². The van der Waals surface area contributed by atoms with E-state index in [0.29, 0.717) is 12.2 Å². The van der Waals surface area contributed by atoms with E-state index in [1.807, 2.05) is 38.1 Å². The summed E-state index contributed by atoms with van der Waals surface area (Å²) in [6, 6.07) is 7.24. The minimum atomic E-state index is -0.438. The van der Waals surface area contributed by atoms with Gasteiger partial charge in [0.2, 0.25) is 11.8 Å². The number of hydrogen-bond donors (Lipinski definition) is 2. The number of nitrogens with two attached hydrogens (primary N) is 1. The van der Waals surface area contributed by atoms with E-state index in [1.54, 1.807) is 4.57 Å². The molecule has 6 nitrogen and oxygen atoms in total. The highest BCUT2D eigenvalue weighted by Gasteiger charge is 2.18. The molecule has 1 atom stereocenters. The number of primary amides is 1. The highest BCUT2D eigenvalue weighted by atomic mass is 16.2. The van der Waals surface area contributed by atoms with Crippen molar-refractivity contribution in [1.29, 1.82) is 0 Å². The molecule has 1 aromatic carbocycles. The monoisotopic (exact) mass is 288 g/mol. The molecule has 1 aromatic heterocycles. The van der Waals surface area contributed by atoms with Gasteiger partial charge in [0.15, 0.2) is 0 Å². The summed E-state index contributed by atoms with van der Waals surface area (Å²) in [5.41, 5.74) is 6.94. The Hall–Kier alpha value is -2.37. The summed E-state index contributed by atoms with van der Waals surface area (Å²) in [6.07, 6.45) is 1.26. The Morgan fingerprint density at radius 3 is 2.76 bits per heavy atom. The van der Waals surface area contributed by atoms with Gasteiger partial charge in [-0.25, -0.2) is 4.98 Å². The van der Waals surface area contributed by atoms with Gasteiger partial charge in [-0.3, -0.25) is 9.59 Å². The summed E-state index contributed by atoms with van der Waals surface area (Å²) in [5.74, 6) is 0.175. The topological polar surface area (TPSA) is 90.0 Å².